The average molecular weight is 263 g/mol. The van der Waals surface area contributed by atoms with Gasteiger partial charge in [-0.15, -0.1) is 0 Å². The lowest BCUT2D eigenvalue weighted by Gasteiger charge is -2.08. The predicted molar refractivity (Wildman–Crippen MR) is 48.2 cm³/mol. The first-order valence-corrected chi connectivity index (χ1v) is 4.31. The average Bonchev–Trinajstić information content (AvgIpc) is 2.16. The van der Waals surface area contributed by atoms with E-state index in [1.807, 2.05) is 0 Å². The van der Waals surface area contributed by atoms with Gasteiger partial charge in [0, 0.05) is 6.20 Å². The molecule has 0 unspecified atom stereocenters. The number of pyridine rings is 1. The summed E-state index contributed by atoms with van der Waals surface area (Å²) in [6.07, 6.45) is -1.56. The third kappa shape index (κ3) is 1.82. The van der Waals surface area contributed by atoms with E-state index >= 15 is 0 Å². The van der Waals surface area contributed by atoms with Gasteiger partial charge in [-0.05, 0) is 15.9 Å². The maximum absolute atomic E-state index is 12.5. The van der Waals surface area contributed by atoms with Gasteiger partial charge in [-0.25, -0.2) is 13.8 Å². The Bertz CT molecular complexity index is 390. The van der Waals surface area contributed by atoms with Crippen molar-refractivity contribution in [3.05, 3.63) is 21.8 Å². The molecule has 14 heavy (non-hydrogen) atoms. The van der Waals surface area contributed by atoms with Gasteiger partial charge in [0.1, 0.15) is 6.07 Å². The van der Waals surface area contributed by atoms with Gasteiger partial charge in [-0.1, -0.05) is 0 Å². The Labute approximate surface area is 87.5 Å². The van der Waals surface area contributed by atoms with E-state index in [1.165, 1.54) is 13.3 Å². The lowest BCUT2D eigenvalue weighted by Crippen LogP contribution is -1.98. The van der Waals surface area contributed by atoms with Gasteiger partial charge in [-0.2, -0.15) is 5.26 Å². The van der Waals surface area contributed by atoms with Gasteiger partial charge in [0.25, 0.3) is 6.43 Å². The second-order valence-electron chi connectivity index (χ2n) is 2.32. The van der Waals surface area contributed by atoms with E-state index in [9.17, 15) is 8.78 Å². The fourth-order valence-electron chi connectivity index (χ4n) is 0.918. The second-order valence-corrected chi connectivity index (χ2v) is 3.11. The number of rotatable bonds is 2. The van der Waals surface area contributed by atoms with Crippen LogP contribution in [0.2, 0.25) is 0 Å². The van der Waals surface area contributed by atoms with E-state index in [4.69, 9.17) is 5.26 Å². The molecule has 1 heterocycles. The highest BCUT2D eigenvalue weighted by molar-refractivity contribution is 9.10. The minimum atomic E-state index is -2.74. The summed E-state index contributed by atoms with van der Waals surface area (Å²) in [7, 11) is 1.24. The van der Waals surface area contributed by atoms with Crippen LogP contribution in [0.25, 0.3) is 0 Å². The van der Waals surface area contributed by atoms with Crippen LogP contribution in [0.4, 0.5) is 8.78 Å². The number of hydrogen-bond donors (Lipinski definition) is 0. The molecule has 0 radical (unpaired) electrons. The smallest absolute Gasteiger partial charge is 0.270 e. The van der Waals surface area contributed by atoms with Gasteiger partial charge >= 0.3 is 0 Å². The molecule has 0 N–H and O–H groups in total. The quantitative estimate of drug-likeness (QED) is 0.823. The number of hydrogen-bond acceptors (Lipinski definition) is 3. The summed E-state index contributed by atoms with van der Waals surface area (Å²) in [6.45, 7) is 0. The molecule has 0 aliphatic heterocycles. The lowest BCUT2D eigenvalue weighted by atomic mass is 10.2. The molecule has 0 aromatic carbocycles. The zero-order chi connectivity index (χ0) is 10.7. The van der Waals surface area contributed by atoms with E-state index in [1.54, 1.807) is 6.07 Å². The fraction of sp³-hybridized carbons (Fsp3) is 0.250. The molecule has 1 rings (SSSR count). The number of nitriles is 1. The van der Waals surface area contributed by atoms with Crippen LogP contribution in [0, 0.1) is 11.3 Å². The molecule has 0 fully saturated rings. The van der Waals surface area contributed by atoms with Crippen molar-refractivity contribution in [2.45, 2.75) is 6.43 Å². The van der Waals surface area contributed by atoms with Crippen LogP contribution < -0.4 is 4.74 Å². The first-order chi connectivity index (χ1) is 6.61. The molecule has 74 valence electrons. The summed E-state index contributed by atoms with van der Waals surface area (Å²) in [6, 6.07) is 1.74. The fourth-order valence-corrected chi connectivity index (χ4v) is 1.45. The third-order valence-electron chi connectivity index (χ3n) is 1.55. The molecular formula is C8H5BrF2N2O. The van der Waals surface area contributed by atoms with Crippen molar-refractivity contribution < 1.29 is 13.5 Å². The topological polar surface area (TPSA) is 45.9 Å². The molecule has 1 aromatic rings. The summed E-state index contributed by atoms with van der Waals surface area (Å²) < 4.78 is 29.8. The Hall–Kier alpha value is -1.22. The summed E-state index contributed by atoms with van der Waals surface area (Å²) >= 11 is 2.91. The Morgan fingerprint density at radius 1 is 1.64 bits per heavy atom. The van der Waals surface area contributed by atoms with Crippen LogP contribution >= 0.6 is 15.9 Å². The number of halogens is 3. The molecular weight excluding hydrogens is 258 g/mol. The van der Waals surface area contributed by atoms with Gasteiger partial charge in [-0.3, -0.25) is 0 Å². The molecule has 0 amide bonds. The first-order valence-electron chi connectivity index (χ1n) is 3.52. The van der Waals surface area contributed by atoms with Crippen LogP contribution in [-0.4, -0.2) is 12.1 Å². The molecule has 6 heteroatoms. The van der Waals surface area contributed by atoms with Gasteiger partial charge < -0.3 is 4.74 Å². The van der Waals surface area contributed by atoms with Crippen molar-refractivity contribution >= 4 is 15.9 Å². The Balaban J connectivity index is 3.41. The summed E-state index contributed by atoms with van der Waals surface area (Å²) in [5, 5.41) is 8.58. The van der Waals surface area contributed by atoms with E-state index in [0.717, 1.165) is 0 Å². The van der Waals surface area contributed by atoms with E-state index in [0.29, 0.717) is 0 Å². The van der Waals surface area contributed by atoms with Crippen molar-refractivity contribution in [3.63, 3.8) is 0 Å². The van der Waals surface area contributed by atoms with Crippen molar-refractivity contribution in [2.24, 2.45) is 0 Å². The van der Waals surface area contributed by atoms with Crippen molar-refractivity contribution in [2.75, 3.05) is 7.11 Å². The van der Waals surface area contributed by atoms with Gasteiger partial charge in [0.15, 0.2) is 0 Å². The summed E-state index contributed by atoms with van der Waals surface area (Å²) in [4.78, 5) is 3.60. The minimum Gasteiger partial charge on any atom is -0.481 e. The lowest BCUT2D eigenvalue weighted by molar-refractivity contribution is 0.145. The first kappa shape index (κ1) is 10.9. The molecule has 0 saturated heterocycles. The maximum atomic E-state index is 12.5. The molecule has 3 nitrogen and oxygen atoms in total. The highest BCUT2D eigenvalue weighted by atomic mass is 79.9. The molecule has 0 bridgehead atoms. The van der Waals surface area contributed by atoms with Crippen molar-refractivity contribution in [1.82, 2.24) is 4.98 Å². The van der Waals surface area contributed by atoms with Gasteiger partial charge in [0.2, 0.25) is 5.88 Å². The Morgan fingerprint density at radius 3 is 2.71 bits per heavy atom. The normalized spacial score (nSPS) is 10.0. The third-order valence-corrected chi connectivity index (χ3v) is 2.40. The highest BCUT2D eigenvalue weighted by Crippen LogP contribution is 2.35. The second kappa shape index (κ2) is 4.33. The Kier molecular flexibility index (Phi) is 3.36. The molecule has 0 aliphatic carbocycles. The van der Waals surface area contributed by atoms with Crippen molar-refractivity contribution in [1.29, 1.82) is 5.26 Å². The number of aromatic nitrogens is 1. The van der Waals surface area contributed by atoms with Crippen LogP contribution in [0.1, 0.15) is 17.6 Å². The number of alkyl halides is 2. The monoisotopic (exact) mass is 262 g/mol. The number of ether oxygens (including phenoxy) is 1. The SMILES string of the molecule is COc1ncc(C#N)c(Br)c1C(F)F. The minimum absolute atomic E-state index is 0.0295. The summed E-state index contributed by atoms with van der Waals surface area (Å²) in [5.74, 6) is -0.175. The number of nitrogens with zero attached hydrogens (tertiary/aromatic N) is 2. The van der Waals surface area contributed by atoms with Crippen LogP contribution in [0.5, 0.6) is 5.88 Å². The molecule has 0 spiro atoms. The zero-order valence-electron chi connectivity index (χ0n) is 7.09. The van der Waals surface area contributed by atoms with Crippen molar-refractivity contribution in [3.8, 4) is 11.9 Å². The Morgan fingerprint density at radius 2 is 2.29 bits per heavy atom. The standard InChI is InChI=1S/C8H5BrF2N2O/c1-14-8-5(7(10)11)6(9)4(2-12)3-13-8/h3,7H,1H3. The number of methoxy groups -OCH3 is 1. The van der Waals surface area contributed by atoms with E-state index in [2.05, 4.69) is 25.7 Å². The highest BCUT2D eigenvalue weighted by Gasteiger charge is 2.21. The van der Waals surface area contributed by atoms with E-state index < -0.39 is 12.0 Å². The largest absolute Gasteiger partial charge is 0.481 e. The van der Waals surface area contributed by atoms with Gasteiger partial charge in [0.05, 0.1) is 22.7 Å². The van der Waals surface area contributed by atoms with Crippen LogP contribution in [0.3, 0.4) is 0 Å². The van der Waals surface area contributed by atoms with Crippen LogP contribution in [0.15, 0.2) is 10.7 Å². The molecule has 0 aliphatic rings. The predicted octanol–water partition coefficient (Wildman–Crippen LogP) is 2.66. The molecule has 0 atom stereocenters. The summed E-state index contributed by atoms with van der Waals surface area (Å²) in [5.41, 5.74) is -0.340. The molecule has 0 saturated carbocycles. The molecule has 1 aromatic heterocycles. The van der Waals surface area contributed by atoms with E-state index in [-0.39, 0.29) is 15.9 Å². The van der Waals surface area contributed by atoms with Crippen LogP contribution in [-0.2, 0) is 0 Å². The zero-order valence-corrected chi connectivity index (χ0v) is 8.68. The maximum Gasteiger partial charge on any atom is 0.270 e.